The lowest BCUT2D eigenvalue weighted by Gasteiger charge is -2.30. The Hall–Kier alpha value is -1.39. The van der Waals surface area contributed by atoms with Crippen molar-refractivity contribution >= 4 is 5.97 Å². The molecule has 1 atom stereocenters. The Kier molecular flexibility index (Phi) is 4.04. The van der Waals surface area contributed by atoms with Crippen LogP contribution in [0.25, 0.3) is 0 Å². The highest BCUT2D eigenvalue weighted by atomic mass is 16.6. The van der Waals surface area contributed by atoms with Crippen molar-refractivity contribution in [3.05, 3.63) is 21.9 Å². The summed E-state index contributed by atoms with van der Waals surface area (Å²) >= 11 is 0. The SMILES string of the molecule is CC/C(=C\[C@]1(CC)CCCOC1=O)[N+](=O)[O-]. The van der Waals surface area contributed by atoms with Gasteiger partial charge in [-0.1, -0.05) is 13.8 Å². The monoisotopic (exact) mass is 227 g/mol. The van der Waals surface area contributed by atoms with Gasteiger partial charge < -0.3 is 4.74 Å². The van der Waals surface area contributed by atoms with Gasteiger partial charge >= 0.3 is 5.97 Å². The van der Waals surface area contributed by atoms with Gasteiger partial charge in [0.1, 0.15) is 0 Å². The fourth-order valence-corrected chi connectivity index (χ4v) is 1.96. The zero-order valence-corrected chi connectivity index (χ0v) is 9.69. The van der Waals surface area contributed by atoms with Crippen LogP contribution in [-0.4, -0.2) is 17.5 Å². The van der Waals surface area contributed by atoms with E-state index in [4.69, 9.17) is 4.74 Å². The van der Waals surface area contributed by atoms with Gasteiger partial charge in [0, 0.05) is 12.5 Å². The first-order chi connectivity index (χ1) is 7.55. The van der Waals surface area contributed by atoms with Gasteiger partial charge in [-0.2, -0.15) is 0 Å². The van der Waals surface area contributed by atoms with Gasteiger partial charge in [0.2, 0.25) is 5.70 Å². The summed E-state index contributed by atoms with van der Waals surface area (Å²) in [5.41, 5.74) is -0.683. The van der Waals surface area contributed by atoms with Crippen molar-refractivity contribution in [2.75, 3.05) is 6.61 Å². The number of esters is 1. The lowest BCUT2D eigenvalue weighted by atomic mass is 9.78. The largest absolute Gasteiger partial charge is 0.465 e. The summed E-state index contributed by atoms with van der Waals surface area (Å²) in [4.78, 5) is 22.1. The molecule has 0 aromatic heterocycles. The van der Waals surface area contributed by atoms with Crippen LogP contribution in [0.1, 0.15) is 39.5 Å². The molecule has 0 amide bonds. The van der Waals surface area contributed by atoms with E-state index in [2.05, 4.69) is 0 Å². The summed E-state index contributed by atoms with van der Waals surface area (Å²) in [6.07, 6.45) is 3.77. The molecule has 0 bridgehead atoms. The van der Waals surface area contributed by atoms with E-state index in [0.29, 0.717) is 25.9 Å². The topological polar surface area (TPSA) is 69.4 Å². The Morgan fingerprint density at radius 2 is 2.31 bits per heavy atom. The third kappa shape index (κ3) is 2.40. The number of allylic oxidation sites excluding steroid dienone is 1. The van der Waals surface area contributed by atoms with Gasteiger partial charge in [-0.3, -0.25) is 14.9 Å². The molecule has 1 rings (SSSR count). The lowest BCUT2D eigenvalue weighted by molar-refractivity contribution is -0.428. The van der Waals surface area contributed by atoms with Crippen molar-refractivity contribution in [3.63, 3.8) is 0 Å². The number of hydrogen-bond donors (Lipinski definition) is 0. The molecule has 0 saturated carbocycles. The summed E-state index contributed by atoms with van der Waals surface area (Å²) < 4.78 is 5.00. The zero-order chi connectivity index (χ0) is 12.2. The minimum Gasteiger partial charge on any atom is -0.465 e. The number of nitrogens with zero attached hydrogens (tertiary/aromatic N) is 1. The fourth-order valence-electron chi connectivity index (χ4n) is 1.96. The van der Waals surface area contributed by atoms with Crippen molar-refractivity contribution in [2.24, 2.45) is 5.41 Å². The molecule has 1 aliphatic rings. The number of nitro groups is 1. The van der Waals surface area contributed by atoms with E-state index in [1.54, 1.807) is 6.92 Å². The van der Waals surface area contributed by atoms with Crippen LogP contribution >= 0.6 is 0 Å². The Bertz CT molecular complexity index is 324. The standard InChI is InChI=1S/C11H17NO4/c1-3-9(12(14)15)8-11(4-2)6-5-7-16-10(11)13/h8H,3-7H2,1-2H3/b9-8+/t11-/m0/s1. The average Bonchev–Trinajstić information content (AvgIpc) is 2.28. The number of ether oxygens (including phenoxy) is 1. The molecule has 1 fully saturated rings. The first-order valence-corrected chi connectivity index (χ1v) is 5.59. The van der Waals surface area contributed by atoms with E-state index in [1.165, 1.54) is 6.08 Å². The number of carbonyl (C=O) groups excluding carboxylic acids is 1. The molecule has 5 heteroatoms. The third-order valence-corrected chi connectivity index (χ3v) is 3.08. The van der Waals surface area contributed by atoms with Crippen LogP contribution in [0.5, 0.6) is 0 Å². The molecule has 16 heavy (non-hydrogen) atoms. The van der Waals surface area contributed by atoms with Crippen molar-refractivity contribution in [1.29, 1.82) is 0 Å². The van der Waals surface area contributed by atoms with E-state index in [0.717, 1.165) is 6.42 Å². The van der Waals surface area contributed by atoms with Gasteiger partial charge in [0.25, 0.3) is 0 Å². The van der Waals surface area contributed by atoms with Crippen LogP contribution in [0.2, 0.25) is 0 Å². The molecule has 0 unspecified atom stereocenters. The van der Waals surface area contributed by atoms with Crippen molar-refractivity contribution in [2.45, 2.75) is 39.5 Å². The zero-order valence-electron chi connectivity index (χ0n) is 9.69. The Balaban J connectivity index is 3.03. The van der Waals surface area contributed by atoms with Crippen molar-refractivity contribution in [1.82, 2.24) is 0 Å². The molecule has 0 radical (unpaired) electrons. The average molecular weight is 227 g/mol. The Morgan fingerprint density at radius 3 is 2.75 bits per heavy atom. The highest BCUT2D eigenvalue weighted by Gasteiger charge is 2.40. The number of rotatable bonds is 4. The maximum absolute atomic E-state index is 11.7. The van der Waals surface area contributed by atoms with Gasteiger partial charge in [-0.15, -0.1) is 0 Å². The van der Waals surface area contributed by atoms with Gasteiger partial charge in [-0.05, 0) is 19.3 Å². The van der Waals surface area contributed by atoms with Crippen molar-refractivity contribution in [3.8, 4) is 0 Å². The van der Waals surface area contributed by atoms with Crippen LogP contribution in [-0.2, 0) is 9.53 Å². The summed E-state index contributed by atoms with van der Waals surface area (Å²) in [6, 6.07) is 0. The Labute approximate surface area is 94.6 Å². The molecule has 90 valence electrons. The normalized spacial score (nSPS) is 26.4. The summed E-state index contributed by atoms with van der Waals surface area (Å²) in [5.74, 6) is -0.325. The van der Waals surface area contributed by atoms with Crippen LogP contribution in [0.4, 0.5) is 0 Å². The minimum absolute atomic E-state index is 0.0979. The fraction of sp³-hybridized carbons (Fsp3) is 0.727. The van der Waals surface area contributed by atoms with Gasteiger partial charge in [0.05, 0.1) is 16.9 Å². The van der Waals surface area contributed by atoms with E-state index < -0.39 is 10.3 Å². The highest BCUT2D eigenvalue weighted by molar-refractivity contribution is 5.79. The molecule has 1 aliphatic heterocycles. The van der Waals surface area contributed by atoms with Crippen LogP contribution < -0.4 is 0 Å². The first kappa shape index (κ1) is 12.7. The van der Waals surface area contributed by atoms with Crippen LogP contribution in [0.15, 0.2) is 11.8 Å². The molecule has 0 aromatic carbocycles. The van der Waals surface area contributed by atoms with Crippen LogP contribution in [0.3, 0.4) is 0 Å². The lowest BCUT2D eigenvalue weighted by Crippen LogP contribution is -2.35. The second-order valence-electron chi connectivity index (χ2n) is 4.00. The molecule has 0 spiro atoms. The molecule has 5 nitrogen and oxygen atoms in total. The minimum atomic E-state index is -0.781. The maximum atomic E-state index is 11.7. The first-order valence-electron chi connectivity index (χ1n) is 5.59. The maximum Gasteiger partial charge on any atom is 0.316 e. The summed E-state index contributed by atoms with van der Waals surface area (Å²) in [6.45, 7) is 4.00. The van der Waals surface area contributed by atoms with Gasteiger partial charge in [-0.25, -0.2) is 0 Å². The molecule has 1 heterocycles. The molecular weight excluding hydrogens is 210 g/mol. The smallest absolute Gasteiger partial charge is 0.316 e. The number of carbonyl (C=O) groups is 1. The van der Waals surface area contributed by atoms with E-state index >= 15 is 0 Å². The molecular formula is C11H17NO4. The molecule has 0 aliphatic carbocycles. The molecule has 1 saturated heterocycles. The van der Waals surface area contributed by atoms with Gasteiger partial charge in [0.15, 0.2) is 0 Å². The number of cyclic esters (lactones) is 1. The van der Waals surface area contributed by atoms with Crippen molar-refractivity contribution < 1.29 is 14.5 Å². The predicted octanol–water partition coefficient (Wildman–Crippen LogP) is 2.29. The van der Waals surface area contributed by atoms with E-state index in [1.807, 2.05) is 6.92 Å². The highest BCUT2D eigenvalue weighted by Crippen LogP contribution is 2.36. The van der Waals surface area contributed by atoms with E-state index in [9.17, 15) is 14.9 Å². The third-order valence-electron chi connectivity index (χ3n) is 3.08. The quantitative estimate of drug-likeness (QED) is 0.419. The molecule has 0 aromatic rings. The van der Waals surface area contributed by atoms with Crippen LogP contribution in [0, 0.1) is 15.5 Å². The molecule has 0 N–H and O–H groups in total. The van der Waals surface area contributed by atoms with E-state index in [-0.39, 0.29) is 11.7 Å². The summed E-state index contributed by atoms with van der Waals surface area (Å²) in [7, 11) is 0. The predicted molar refractivity (Wildman–Crippen MR) is 58.3 cm³/mol. The second kappa shape index (κ2) is 5.09. The second-order valence-corrected chi connectivity index (χ2v) is 4.00. The summed E-state index contributed by atoms with van der Waals surface area (Å²) in [5, 5.41) is 10.8. The Morgan fingerprint density at radius 1 is 1.62 bits per heavy atom. The number of hydrogen-bond acceptors (Lipinski definition) is 4.